The molecule has 2 N–H and O–H groups in total. The lowest BCUT2D eigenvalue weighted by Gasteiger charge is -2.14. The number of rotatable bonds is 6. The van der Waals surface area contributed by atoms with Crippen LogP contribution < -0.4 is 5.32 Å². The Morgan fingerprint density at radius 3 is 2.06 bits per heavy atom. The van der Waals surface area contributed by atoms with Crippen molar-refractivity contribution in [1.29, 1.82) is 0 Å². The smallest absolute Gasteiger partial charge is 0.255 e. The van der Waals surface area contributed by atoms with Gasteiger partial charge in [-0.3, -0.25) is 4.79 Å². The molecule has 0 saturated heterocycles. The molecule has 4 aromatic rings. The summed E-state index contributed by atoms with van der Waals surface area (Å²) < 4.78 is 27.5. The molecule has 1 amide bonds. The first-order chi connectivity index (χ1) is 15.9. The monoisotopic (exact) mass is 521 g/mol. The number of benzene rings is 4. The Labute approximate surface area is 200 Å². The van der Waals surface area contributed by atoms with Crippen LogP contribution in [-0.4, -0.2) is 19.4 Å². The van der Waals surface area contributed by atoms with E-state index in [1.54, 1.807) is 42.5 Å². The Balaban J connectivity index is 1.81. The molecule has 0 saturated carbocycles. The van der Waals surface area contributed by atoms with Crippen molar-refractivity contribution in [3.63, 3.8) is 0 Å². The topological polar surface area (TPSA) is 83.5 Å². The van der Waals surface area contributed by atoms with Crippen molar-refractivity contribution in [2.24, 2.45) is 0 Å². The Kier molecular flexibility index (Phi) is 6.62. The van der Waals surface area contributed by atoms with Crippen molar-refractivity contribution < 1.29 is 18.3 Å². The number of sulfone groups is 1. The van der Waals surface area contributed by atoms with Gasteiger partial charge in [0.15, 0.2) is 0 Å². The van der Waals surface area contributed by atoms with Gasteiger partial charge in [0.25, 0.3) is 5.91 Å². The van der Waals surface area contributed by atoms with Gasteiger partial charge in [-0.25, -0.2) is 8.42 Å². The summed E-state index contributed by atoms with van der Waals surface area (Å²) >= 11 is 3.37. The Bertz CT molecular complexity index is 1390. The van der Waals surface area contributed by atoms with Crippen LogP contribution in [0.1, 0.15) is 15.9 Å². The SMILES string of the molecule is O=C(NCc1ccccc1)c1cc(S(=O)(=O)c2ccccc2)cc(-c2ccc(Br)cc2)c1O. The highest BCUT2D eigenvalue weighted by Gasteiger charge is 2.24. The van der Waals surface area contributed by atoms with Crippen LogP contribution in [0.5, 0.6) is 5.75 Å². The van der Waals surface area contributed by atoms with Crippen LogP contribution >= 0.6 is 15.9 Å². The standard InChI is InChI=1S/C26H20BrNO4S/c27-20-13-11-19(12-14-20)23-15-22(33(31,32)21-9-5-2-6-10-21)16-24(25(23)29)26(30)28-17-18-7-3-1-4-8-18/h1-16,29H,17H2,(H,28,30). The lowest BCUT2D eigenvalue weighted by Crippen LogP contribution is -2.23. The molecule has 166 valence electrons. The van der Waals surface area contributed by atoms with Crippen LogP contribution in [0.2, 0.25) is 0 Å². The fourth-order valence-electron chi connectivity index (χ4n) is 3.39. The van der Waals surface area contributed by atoms with Crippen LogP contribution in [0.15, 0.2) is 111 Å². The van der Waals surface area contributed by atoms with E-state index in [1.165, 1.54) is 24.3 Å². The summed E-state index contributed by atoms with van der Waals surface area (Å²) in [6, 6.07) is 27.0. The zero-order valence-corrected chi connectivity index (χ0v) is 19.8. The Morgan fingerprint density at radius 2 is 1.42 bits per heavy atom. The zero-order chi connectivity index (χ0) is 23.4. The van der Waals surface area contributed by atoms with Crippen molar-refractivity contribution in [1.82, 2.24) is 5.32 Å². The summed E-state index contributed by atoms with van der Waals surface area (Å²) in [4.78, 5) is 13.0. The third-order valence-corrected chi connectivity index (χ3v) is 7.42. The highest BCUT2D eigenvalue weighted by Crippen LogP contribution is 2.37. The van der Waals surface area contributed by atoms with E-state index in [-0.39, 0.29) is 33.2 Å². The minimum absolute atomic E-state index is 0.0747. The van der Waals surface area contributed by atoms with Gasteiger partial charge in [-0.1, -0.05) is 76.6 Å². The van der Waals surface area contributed by atoms with E-state index in [0.29, 0.717) is 5.56 Å². The van der Waals surface area contributed by atoms with Crippen LogP contribution in [0, 0.1) is 0 Å². The van der Waals surface area contributed by atoms with Gasteiger partial charge in [0.05, 0.1) is 15.4 Å². The number of phenolic OH excluding ortho intramolecular Hbond substituents is 1. The van der Waals surface area contributed by atoms with Crippen LogP contribution in [0.4, 0.5) is 0 Å². The van der Waals surface area contributed by atoms with Gasteiger partial charge < -0.3 is 10.4 Å². The Hall–Kier alpha value is -3.42. The molecule has 0 aliphatic carbocycles. The predicted molar refractivity (Wildman–Crippen MR) is 131 cm³/mol. The predicted octanol–water partition coefficient (Wildman–Crippen LogP) is 5.58. The number of carbonyl (C=O) groups is 1. The van der Waals surface area contributed by atoms with E-state index in [9.17, 15) is 18.3 Å². The summed E-state index contributed by atoms with van der Waals surface area (Å²) in [5.74, 6) is -0.852. The number of amides is 1. The molecule has 5 nitrogen and oxygen atoms in total. The maximum absolute atomic E-state index is 13.3. The molecule has 0 bridgehead atoms. The molecule has 0 atom stereocenters. The van der Waals surface area contributed by atoms with E-state index in [2.05, 4.69) is 21.2 Å². The quantitative estimate of drug-likeness (QED) is 0.346. The second-order valence-electron chi connectivity index (χ2n) is 7.36. The fourth-order valence-corrected chi connectivity index (χ4v) is 4.99. The molecule has 0 aliphatic rings. The molecule has 0 radical (unpaired) electrons. The number of nitrogens with one attached hydrogen (secondary N) is 1. The highest BCUT2D eigenvalue weighted by atomic mass is 79.9. The summed E-state index contributed by atoms with van der Waals surface area (Å²) in [6.45, 7) is 0.238. The van der Waals surface area contributed by atoms with Crippen LogP contribution in [0.25, 0.3) is 11.1 Å². The first-order valence-corrected chi connectivity index (χ1v) is 12.4. The molecular weight excluding hydrogens is 502 g/mol. The third-order valence-electron chi connectivity index (χ3n) is 5.14. The van der Waals surface area contributed by atoms with Crippen molar-refractivity contribution in [3.05, 3.63) is 113 Å². The Morgan fingerprint density at radius 1 is 0.818 bits per heavy atom. The van der Waals surface area contributed by atoms with E-state index in [4.69, 9.17) is 0 Å². The number of aromatic hydroxyl groups is 1. The van der Waals surface area contributed by atoms with E-state index in [0.717, 1.165) is 10.0 Å². The first kappa shape index (κ1) is 22.8. The normalized spacial score (nSPS) is 11.2. The van der Waals surface area contributed by atoms with Crippen molar-refractivity contribution in [2.75, 3.05) is 0 Å². The number of halogens is 1. The number of hydrogen-bond donors (Lipinski definition) is 2. The van der Waals surface area contributed by atoms with Gasteiger partial charge in [-0.2, -0.15) is 0 Å². The van der Waals surface area contributed by atoms with Crippen LogP contribution in [-0.2, 0) is 16.4 Å². The molecule has 0 unspecified atom stereocenters. The highest BCUT2D eigenvalue weighted by molar-refractivity contribution is 9.10. The first-order valence-electron chi connectivity index (χ1n) is 10.1. The van der Waals surface area contributed by atoms with E-state index >= 15 is 0 Å². The summed E-state index contributed by atoms with van der Waals surface area (Å²) in [6.07, 6.45) is 0. The van der Waals surface area contributed by atoms with Crippen LogP contribution in [0.3, 0.4) is 0 Å². The van der Waals surface area contributed by atoms with Gasteiger partial charge in [-0.15, -0.1) is 0 Å². The fraction of sp³-hybridized carbons (Fsp3) is 0.0385. The molecule has 33 heavy (non-hydrogen) atoms. The maximum Gasteiger partial charge on any atom is 0.255 e. The van der Waals surface area contributed by atoms with Gasteiger partial charge in [0.1, 0.15) is 5.75 Å². The zero-order valence-electron chi connectivity index (χ0n) is 17.4. The van der Waals surface area contributed by atoms with Crippen molar-refractivity contribution in [2.45, 2.75) is 16.3 Å². The molecule has 4 aromatic carbocycles. The number of hydrogen-bond acceptors (Lipinski definition) is 4. The largest absolute Gasteiger partial charge is 0.506 e. The summed E-state index contributed by atoms with van der Waals surface area (Å²) in [5, 5.41) is 13.7. The molecule has 0 aromatic heterocycles. The maximum atomic E-state index is 13.3. The average Bonchev–Trinajstić information content (AvgIpc) is 2.84. The second-order valence-corrected chi connectivity index (χ2v) is 10.2. The molecule has 0 fully saturated rings. The molecule has 4 rings (SSSR count). The summed E-state index contributed by atoms with van der Waals surface area (Å²) in [7, 11) is -3.92. The lowest BCUT2D eigenvalue weighted by molar-refractivity contribution is 0.0948. The lowest BCUT2D eigenvalue weighted by atomic mass is 10.0. The van der Waals surface area contributed by atoms with Gasteiger partial charge >= 0.3 is 0 Å². The second kappa shape index (κ2) is 9.60. The van der Waals surface area contributed by atoms with Gasteiger partial charge in [0.2, 0.25) is 9.84 Å². The van der Waals surface area contributed by atoms with Gasteiger partial charge in [-0.05, 0) is 47.5 Å². The summed E-state index contributed by atoms with van der Waals surface area (Å²) in [5.41, 5.74) is 1.61. The number of carbonyl (C=O) groups excluding carboxylic acids is 1. The minimum Gasteiger partial charge on any atom is -0.506 e. The van der Waals surface area contributed by atoms with Gasteiger partial charge in [0, 0.05) is 16.6 Å². The molecule has 0 spiro atoms. The molecular formula is C26H20BrNO4S. The minimum atomic E-state index is -3.92. The average molecular weight is 522 g/mol. The molecule has 0 heterocycles. The van der Waals surface area contributed by atoms with E-state index < -0.39 is 15.7 Å². The van der Waals surface area contributed by atoms with E-state index in [1.807, 2.05) is 30.3 Å². The number of phenols is 1. The van der Waals surface area contributed by atoms with Crippen molar-refractivity contribution >= 4 is 31.7 Å². The molecule has 0 aliphatic heterocycles. The van der Waals surface area contributed by atoms with Crippen molar-refractivity contribution in [3.8, 4) is 16.9 Å². The third kappa shape index (κ3) is 4.99. The molecule has 7 heteroatoms.